The third-order valence-corrected chi connectivity index (χ3v) is 4.41. The first kappa shape index (κ1) is 25.2. The minimum absolute atomic E-state index is 0.152. The van der Waals surface area contributed by atoms with Gasteiger partial charge in [-0.15, -0.1) is 0 Å². The van der Waals surface area contributed by atoms with E-state index in [0.717, 1.165) is 0 Å². The summed E-state index contributed by atoms with van der Waals surface area (Å²) in [6.07, 6.45) is -0.517. The monoisotopic (exact) mass is 447 g/mol. The van der Waals surface area contributed by atoms with Crippen molar-refractivity contribution in [3.8, 4) is 0 Å². The van der Waals surface area contributed by atoms with Gasteiger partial charge < -0.3 is 24.1 Å². The second-order valence-corrected chi connectivity index (χ2v) is 9.19. The normalized spacial score (nSPS) is 11.8. The number of aromatic nitrogens is 2. The van der Waals surface area contributed by atoms with Crippen LogP contribution in [0.1, 0.15) is 69.4 Å². The van der Waals surface area contributed by atoms with Crippen LogP contribution in [0, 0.1) is 5.41 Å². The summed E-state index contributed by atoms with van der Waals surface area (Å²) < 4.78 is 17.3. The number of esters is 2. The van der Waals surface area contributed by atoms with Crippen molar-refractivity contribution >= 4 is 29.1 Å². The summed E-state index contributed by atoms with van der Waals surface area (Å²) in [6.45, 7) is 13.8. The van der Waals surface area contributed by atoms with Crippen molar-refractivity contribution in [3.05, 3.63) is 29.6 Å². The molecular weight excluding hydrogens is 414 g/mol. The van der Waals surface area contributed by atoms with Crippen LogP contribution < -0.4 is 5.32 Å². The zero-order chi connectivity index (χ0) is 24.1. The Kier molecular flexibility index (Phi) is 7.87. The quantitative estimate of drug-likeness (QED) is 0.482. The summed E-state index contributed by atoms with van der Waals surface area (Å²) in [6, 6.07) is 4.97. The minimum Gasteiger partial charge on any atom is -0.461 e. The number of ether oxygens (including phenoxy) is 3. The first-order valence-corrected chi connectivity index (χ1v) is 10.7. The molecule has 0 spiro atoms. The van der Waals surface area contributed by atoms with Crippen LogP contribution in [0.2, 0.25) is 0 Å². The van der Waals surface area contributed by atoms with Crippen molar-refractivity contribution in [2.75, 3.05) is 19.8 Å². The van der Waals surface area contributed by atoms with Crippen molar-refractivity contribution in [3.63, 3.8) is 0 Å². The lowest BCUT2D eigenvalue weighted by Crippen LogP contribution is -2.40. The average Bonchev–Trinajstić information content (AvgIpc) is 3.03. The third kappa shape index (κ3) is 6.70. The second-order valence-electron chi connectivity index (χ2n) is 9.19. The van der Waals surface area contributed by atoms with Crippen molar-refractivity contribution in [1.82, 2.24) is 14.9 Å². The topological polar surface area (TPSA) is 109 Å². The summed E-state index contributed by atoms with van der Waals surface area (Å²) in [7, 11) is 0. The number of fused-ring (bicyclic) bond motifs is 1. The first-order chi connectivity index (χ1) is 14.9. The van der Waals surface area contributed by atoms with E-state index in [0.29, 0.717) is 29.8 Å². The van der Waals surface area contributed by atoms with Gasteiger partial charge in [-0.05, 0) is 52.8 Å². The minimum atomic E-state index is -0.602. The van der Waals surface area contributed by atoms with Gasteiger partial charge in [0.05, 0.1) is 13.2 Å². The van der Waals surface area contributed by atoms with E-state index in [1.807, 2.05) is 13.8 Å². The number of carbonyl (C=O) groups is 3. The van der Waals surface area contributed by atoms with E-state index in [9.17, 15) is 14.4 Å². The van der Waals surface area contributed by atoms with E-state index in [-0.39, 0.29) is 18.9 Å². The molecule has 1 N–H and O–H groups in total. The SMILES string of the molecule is CCOC(=O)c1ccc2cc(C(=O)OCC)n(CC(C)(C)CNC(=O)OC(C)(C)C)c2n1. The molecule has 9 heteroatoms. The third-order valence-electron chi connectivity index (χ3n) is 4.41. The molecule has 0 aromatic carbocycles. The highest BCUT2D eigenvalue weighted by Crippen LogP contribution is 2.26. The number of nitrogens with zero attached hydrogens (tertiary/aromatic N) is 2. The number of carbonyl (C=O) groups excluding carboxylic acids is 3. The highest BCUT2D eigenvalue weighted by Gasteiger charge is 2.27. The number of alkyl carbamates (subject to hydrolysis) is 1. The fourth-order valence-corrected chi connectivity index (χ4v) is 3.09. The van der Waals surface area contributed by atoms with Crippen LogP contribution in [-0.4, -0.2) is 52.9 Å². The Bertz CT molecular complexity index is 988. The molecule has 32 heavy (non-hydrogen) atoms. The van der Waals surface area contributed by atoms with Crippen molar-refractivity contribution in [2.45, 2.75) is 60.6 Å². The molecule has 0 unspecified atom stereocenters. The second kappa shape index (κ2) is 10.0. The maximum Gasteiger partial charge on any atom is 0.407 e. The lowest BCUT2D eigenvalue weighted by Gasteiger charge is -2.28. The summed E-state index contributed by atoms with van der Waals surface area (Å²) in [5, 5.41) is 3.47. The van der Waals surface area contributed by atoms with Gasteiger partial charge in [0, 0.05) is 23.9 Å². The number of hydrogen-bond donors (Lipinski definition) is 1. The van der Waals surface area contributed by atoms with Gasteiger partial charge in [0.25, 0.3) is 0 Å². The highest BCUT2D eigenvalue weighted by atomic mass is 16.6. The first-order valence-electron chi connectivity index (χ1n) is 10.7. The van der Waals surface area contributed by atoms with Crippen LogP contribution in [0.4, 0.5) is 4.79 Å². The molecule has 2 rings (SSSR count). The Morgan fingerprint density at radius 3 is 2.22 bits per heavy atom. The molecule has 176 valence electrons. The van der Waals surface area contributed by atoms with E-state index in [1.165, 1.54) is 0 Å². The van der Waals surface area contributed by atoms with Gasteiger partial charge in [-0.25, -0.2) is 19.4 Å². The van der Waals surface area contributed by atoms with E-state index in [4.69, 9.17) is 14.2 Å². The molecule has 2 aromatic heterocycles. The summed E-state index contributed by atoms with van der Waals surface area (Å²) in [4.78, 5) is 41.3. The van der Waals surface area contributed by atoms with E-state index >= 15 is 0 Å². The lowest BCUT2D eigenvalue weighted by atomic mass is 9.93. The van der Waals surface area contributed by atoms with Gasteiger partial charge >= 0.3 is 18.0 Å². The molecule has 0 saturated carbocycles. The molecule has 0 saturated heterocycles. The van der Waals surface area contributed by atoms with Crippen LogP contribution in [0.25, 0.3) is 11.0 Å². The van der Waals surface area contributed by atoms with E-state index in [1.54, 1.807) is 57.4 Å². The maximum absolute atomic E-state index is 12.6. The van der Waals surface area contributed by atoms with E-state index < -0.39 is 29.0 Å². The van der Waals surface area contributed by atoms with Crippen molar-refractivity contribution in [2.24, 2.45) is 5.41 Å². The Morgan fingerprint density at radius 1 is 1.00 bits per heavy atom. The van der Waals surface area contributed by atoms with Crippen LogP contribution >= 0.6 is 0 Å². The molecule has 1 amide bonds. The Morgan fingerprint density at radius 2 is 1.62 bits per heavy atom. The average molecular weight is 448 g/mol. The van der Waals surface area contributed by atoms with Crippen molar-refractivity contribution < 1.29 is 28.6 Å². The summed E-state index contributed by atoms with van der Waals surface area (Å²) in [5.41, 5.74) is -0.149. The molecule has 0 aliphatic rings. The number of hydrogen-bond acceptors (Lipinski definition) is 7. The van der Waals surface area contributed by atoms with Gasteiger partial charge in [-0.3, -0.25) is 0 Å². The van der Waals surface area contributed by atoms with Crippen molar-refractivity contribution in [1.29, 1.82) is 0 Å². The maximum atomic E-state index is 12.6. The zero-order valence-corrected chi connectivity index (χ0v) is 19.9. The van der Waals surface area contributed by atoms with Gasteiger partial charge in [0.1, 0.15) is 16.9 Å². The summed E-state index contributed by atoms with van der Waals surface area (Å²) in [5.74, 6) is -1.02. The molecule has 0 atom stereocenters. The number of amides is 1. The van der Waals surface area contributed by atoms with Crippen LogP contribution in [-0.2, 0) is 20.8 Å². The van der Waals surface area contributed by atoms with Crippen LogP contribution in [0.5, 0.6) is 0 Å². The molecule has 0 radical (unpaired) electrons. The lowest BCUT2D eigenvalue weighted by molar-refractivity contribution is 0.0483. The number of rotatable bonds is 8. The Hall–Kier alpha value is -3.10. The van der Waals surface area contributed by atoms with Crippen LogP contribution in [0.15, 0.2) is 18.2 Å². The standard InChI is InChI=1S/C23H33N3O6/c1-8-30-19(27)16-11-10-15-12-17(20(28)31-9-2)26(18(15)25-16)14-23(6,7)13-24-21(29)32-22(3,4)5/h10-12H,8-9,13-14H2,1-7H3,(H,24,29). The predicted molar refractivity (Wildman–Crippen MR) is 120 cm³/mol. The van der Waals surface area contributed by atoms with Gasteiger partial charge in [-0.2, -0.15) is 0 Å². The predicted octanol–water partition coefficient (Wildman–Crippen LogP) is 3.94. The Labute approximate surface area is 188 Å². The molecule has 9 nitrogen and oxygen atoms in total. The molecule has 0 fully saturated rings. The fourth-order valence-electron chi connectivity index (χ4n) is 3.09. The molecule has 2 aromatic rings. The van der Waals surface area contributed by atoms with E-state index in [2.05, 4.69) is 10.3 Å². The van der Waals surface area contributed by atoms with Crippen LogP contribution in [0.3, 0.4) is 0 Å². The number of pyridine rings is 1. The Balaban J connectivity index is 2.38. The number of nitrogens with one attached hydrogen (secondary N) is 1. The molecule has 0 aliphatic carbocycles. The van der Waals surface area contributed by atoms with Gasteiger partial charge in [0.15, 0.2) is 5.69 Å². The smallest absolute Gasteiger partial charge is 0.407 e. The molecule has 0 aliphatic heterocycles. The fraction of sp³-hybridized carbons (Fsp3) is 0.565. The molecular formula is C23H33N3O6. The zero-order valence-electron chi connectivity index (χ0n) is 19.9. The summed E-state index contributed by atoms with van der Waals surface area (Å²) >= 11 is 0. The van der Waals surface area contributed by atoms with Gasteiger partial charge in [0.2, 0.25) is 0 Å². The highest BCUT2D eigenvalue weighted by molar-refractivity contribution is 5.96. The molecule has 0 bridgehead atoms. The molecule has 2 heterocycles. The largest absolute Gasteiger partial charge is 0.461 e. The van der Waals surface area contributed by atoms with Gasteiger partial charge in [-0.1, -0.05) is 13.8 Å².